The summed E-state index contributed by atoms with van der Waals surface area (Å²) < 4.78 is 31.9. The minimum absolute atomic E-state index is 0.0914. The molecular weight excluding hydrogens is 1030 g/mol. The number of benzene rings is 2. The van der Waals surface area contributed by atoms with Gasteiger partial charge < -0.3 is 24.7 Å². The average Bonchev–Trinajstić information content (AvgIpc) is 4.25. The summed E-state index contributed by atoms with van der Waals surface area (Å²) in [7, 11) is 4.02. The summed E-state index contributed by atoms with van der Waals surface area (Å²) in [5, 5.41) is 21.0. The van der Waals surface area contributed by atoms with E-state index in [0.717, 1.165) is 133 Å². The third-order valence-electron chi connectivity index (χ3n) is 14.0. The molecule has 13 nitrogen and oxygen atoms in total. The van der Waals surface area contributed by atoms with Gasteiger partial charge in [0.15, 0.2) is 10.3 Å². The first-order chi connectivity index (χ1) is 35.2. The van der Waals surface area contributed by atoms with Crippen LogP contribution in [0.1, 0.15) is 69.8 Å². The molecule has 2 aliphatic carbocycles. The number of aliphatic hydroxyl groups excluding tert-OH is 1. The Morgan fingerprint density at radius 2 is 1.21 bits per heavy atom. The van der Waals surface area contributed by atoms with Gasteiger partial charge in [-0.05, 0) is 111 Å². The molecule has 0 unspecified atom stereocenters. The maximum atomic E-state index is 13.6. The van der Waals surface area contributed by atoms with Crippen molar-refractivity contribution in [3.8, 4) is 47.2 Å². The number of carbonyl (C=O) groups excluding carboxylic acids is 1. The number of aliphatic hydroxyl groups is 1. The molecular formula is C55H52BrF2N11O2S2. The number of aromatic nitrogens is 6. The van der Waals surface area contributed by atoms with Crippen LogP contribution in [0.3, 0.4) is 0 Å². The summed E-state index contributed by atoms with van der Waals surface area (Å²) in [5.74, 6) is 5.92. The number of β-amino-alcohol motifs (C(OH)–C–C–N with tert-alkyl or cyclic N) is 1. The molecule has 2 aliphatic heterocycles. The monoisotopic (exact) mass is 1080 g/mol. The maximum absolute atomic E-state index is 13.6. The Bertz CT molecular complexity index is 3500. The van der Waals surface area contributed by atoms with Crippen molar-refractivity contribution < 1.29 is 18.7 Å². The molecule has 12 rings (SSSR count). The number of likely N-dealkylation sites (tertiary alicyclic amines) is 1. The predicted octanol–water partition coefficient (Wildman–Crippen LogP) is 10.2. The summed E-state index contributed by atoms with van der Waals surface area (Å²) in [6.45, 7) is 8.70. The van der Waals surface area contributed by atoms with Gasteiger partial charge in [0.1, 0.15) is 21.4 Å². The van der Waals surface area contributed by atoms with Gasteiger partial charge in [-0.1, -0.05) is 50.4 Å². The Hall–Kier alpha value is -6.67. The van der Waals surface area contributed by atoms with Crippen molar-refractivity contribution in [1.29, 1.82) is 0 Å². The number of hydrogen-bond donors (Lipinski definition) is 1. The number of carbonyl (C=O) groups is 1. The summed E-state index contributed by atoms with van der Waals surface area (Å²) >= 11 is 6.56. The van der Waals surface area contributed by atoms with Gasteiger partial charge in [0.05, 0.1) is 57.8 Å². The highest BCUT2D eigenvalue weighted by atomic mass is 79.9. The van der Waals surface area contributed by atoms with Gasteiger partial charge in [0, 0.05) is 98.9 Å². The van der Waals surface area contributed by atoms with E-state index in [2.05, 4.69) is 79.5 Å². The Balaban J connectivity index is 0.000000168. The molecule has 4 aliphatic rings. The standard InChI is InChI=1S/C32H34FN7O2S.C23H18BrFN4S/c1-4-27-29(21-7-9-23(33)10-8-21)34-32(43-27)36(3)31-26-15-25(20(2)16-40(26)35-30(31)22-5-6-22)38-13-11-37(12-14-38)19-28(42)39-17-24(41)18-39;1-4-19-20(14-7-9-16(25)10-8-14)26-23(30-19)28(3)22-18-11-17(24)13(2)12-29(18)27-21(22)15-5-6-15/h1,7-10,15-16,22,24,41H,5-6,11-14,17-19H2,2-3H3;1,7-12,15H,5-6H2,2-3H3. The minimum atomic E-state index is -0.376. The third-order valence-corrected chi connectivity index (χ3v) is 17.0. The van der Waals surface area contributed by atoms with Crippen LogP contribution in [0.5, 0.6) is 0 Å². The lowest BCUT2D eigenvalue weighted by Crippen LogP contribution is -2.57. The van der Waals surface area contributed by atoms with Crippen molar-refractivity contribution in [1.82, 2.24) is 39.0 Å². The Morgan fingerprint density at radius 3 is 1.66 bits per heavy atom. The Labute approximate surface area is 438 Å². The molecule has 1 amide bonds. The molecule has 8 aromatic rings. The highest BCUT2D eigenvalue weighted by Crippen LogP contribution is 2.49. The van der Waals surface area contributed by atoms with Crippen LogP contribution in [0.15, 0.2) is 77.5 Å². The van der Waals surface area contributed by atoms with E-state index >= 15 is 0 Å². The molecule has 1 N–H and O–H groups in total. The predicted molar refractivity (Wildman–Crippen MR) is 290 cm³/mol. The van der Waals surface area contributed by atoms with E-state index in [9.17, 15) is 18.7 Å². The highest BCUT2D eigenvalue weighted by Gasteiger charge is 2.36. The average molecular weight is 1080 g/mol. The lowest BCUT2D eigenvalue weighted by molar-refractivity contribution is -0.142. The quantitative estimate of drug-likeness (QED) is 0.126. The van der Waals surface area contributed by atoms with Crippen molar-refractivity contribution in [2.75, 3.05) is 74.6 Å². The second kappa shape index (κ2) is 19.6. The summed E-state index contributed by atoms with van der Waals surface area (Å²) in [4.78, 5) is 34.2. The van der Waals surface area contributed by atoms with Gasteiger partial charge in [-0.15, -0.1) is 12.8 Å². The number of rotatable bonds is 11. The number of thiazole rings is 2. The van der Waals surface area contributed by atoms with E-state index in [1.54, 1.807) is 29.2 Å². The number of terminal acetylenes is 2. The number of piperazine rings is 1. The molecule has 2 aromatic carbocycles. The summed E-state index contributed by atoms with van der Waals surface area (Å²) in [6, 6.07) is 16.9. The number of anilines is 5. The normalized spacial score (nSPS) is 16.0. The topological polar surface area (TPSA) is 114 Å². The number of fused-ring (bicyclic) bond motifs is 2. The van der Waals surface area contributed by atoms with Crippen molar-refractivity contribution in [3.05, 3.63) is 121 Å². The molecule has 0 atom stereocenters. The summed E-state index contributed by atoms with van der Waals surface area (Å²) in [5.41, 5.74) is 12.7. The largest absolute Gasteiger partial charge is 0.389 e. The number of amides is 1. The molecule has 8 heterocycles. The van der Waals surface area contributed by atoms with Crippen LogP contribution in [0, 0.1) is 50.2 Å². The maximum Gasteiger partial charge on any atom is 0.236 e. The zero-order valence-electron chi connectivity index (χ0n) is 40.8. The van der Waals surface area contributed by atoms with E-state index in [0.29, 0.717) is 47.7 Å². The first-order valence-electron chi connectivity index (χ1n) is 24.3. The fourth-order valence-corrected chi connectivity index (χ4v) is 11.7. The highest BCUT2D eigenvalue weighted by molar-refractivity contribution is 9.10. The zero-order valence-corrected chi connectivity index (χ0v) is 44.0. The van der Waals surface area contributed by atoms with E-state index in [-0.39, 0.29) is 23.6 Å². The molecule has 372 valence electrons. The van der Waals surface area contributed by atoms with Crippen molar-refractivity contribution in [2.45, 2.75) is 57.5 Å². The van der Waals surface area contributed by atoms with Gasteiger partial charge in [0.2, 0.25) is 5.91 Å². The van der Waals surface area contributed by atoms with E-state index in [4.69, 9.17) is 33.0 Å². The Kier molecular flexibility index (Phi) is 13.1. The Morgan fingerprint density at radius 1 is 0.740 bits per heavy atom. The number of hydrogen-bond acceptors (Lipinski definition) is 12. The van der Waals surface area contributed by atoms with Crippen LogP contribution in [0.2, 0.25) is 0 Å². The van der Waals surface area contributed by atoms with Crippen LogP contribution < -0.4 is 14.7 Å². The molecule has 0 bridgehead atoms. The van der Waals surface area contributed by atoms with Gasteiger partial charge >= 0.3 is 0 Å². The minimum Gasteiger partial charge on any atom is -0.389 e. The van der Waals surface area contributed by atoms with Crippen LogP contribution >= 0.6 is 38.6 Å². The van der Waals surface area contributed by atoms with Gasteiger partial charge in [-0.2, -0.15) is 10.2 Å². The van der Waals surface area contributed by atoms with Crippen LogP contribution in [-0.2, 0) is 4.79 Å². The lowest BCUT2D eigenvalue weighted by atomic mass is 10.1. The molecule has 2 saturated heterocycles. The molecule has 0 spiro atoms. The molecule has 2 saturated carbocycles. The van der Waals surface area contributed by atoms with Gasteiger partial charge in [-0.25, -0.2) is 27.8 Å². The number of aryl methyl sites for hydroxylation is 2. The van der Waals surface area contributed by atoms with Gasteiger partial charge in [-0.3, -0.25) is 9.69 Å². The van der Waals surface area contributed by atoms with Crippen molar-refractivity contribution in [3.63, 3.8) is 0 Å². The fraction of sp³-hybridized carbons (Fsp3) is 0.327. The molecule has 0 radical (unpaired) electrons. The van der Waals surface area contributed by atoms with Gasteiger partial charge in [0.25, 0.3) is 0 Å². The second-order valence-electron chi connectivity index (χ2n) is 19.3. The van der Waals surface area contributed by atoms with E-state index in [1.165, 1.54) is 46.9 Å². The molecule has 4 fully saturated rings. The number of nitrogens with zero attached hydrogens (tertiary/aromatic N) is 11. The zero-order chi connectivity index (χ0) is 50.8. The second-order valence-corrected chi connectivity index (χ2v) is 22.1. The van der Waals surface area contributed by atoms with Crippen molar-refractivity contribution >= 4 is 82.9 Å². The first-order valence-corrected chi connectivity index (χ1v) is 26.8. The fourth-order valence-electron chi connectivity index (χ4n) is 9.64. The molecule has 18 heteroatoms. The molecule has 73 heavy (non-hydrogen) atoms. The van der Waals surface area contributed by atoms with E-state index < -0.39 is 0 Å². The smallest absolute Gasteiger partial charge is 0.236 e. The molecule has 6 aromatic heterocycles. The van der Waals surface area contributed by atoms with E-state index in [1.807, 2.05) is 29.3 Å². The first kappa shape index (κ1) is 48.6. The lowest BCUT2D eigenvalue weighted by Gasteiger charge is -2.40. The number of halogens is 3. The SMILES string of the molecule is C#Cc1sc(N(C)c2c(C3CC3)nn3cc(C)c(Br)cc23)nc1-c1ccc(F)cc1.C#Cc1sc(N(C)c2c(C3CC3)nn3cc(C)c(N4CCN(CC(=O)N5CC(O)C5)CC4)cc23)nc1-c1ccc(F)cc1. The van der Waals surface area contributed by atoms with Crippen LogP contribution in [0.25, 0.3) is 33.5 Å². The third kappa shape index (κ3) is 9.59. The van der Waals surface area contributed by atoms with Crippen LogP contribution in [-0.4, -0.2) is 116 Å². The number of pyridine rings is 2. The van der Waals surface area contributed by atoms with Crippen LogP contribution in [0.4, 0.5) is 36.1 Å². The summed E-state index contributed by atoms with van der Waals surface area (Å²) in [6.07, 6.45) is 20.0. The van der Waals surface area contributed by atoms with Crippen molar-refractivity contribution in [2.24, 2.45) is 0 Å².